The molecule has 2 N–H and O–H groups in total. The Kier molecular flexibility index (Phi) is 5.02. The molecule has 2 unspecified atom stereocenters. The zero-order chi connectivity index (χ0) is 14.6. The van der Waals surface area contributed by atoms with Gasteiger partial charge in [0.15, 0.2) is 0 Å². The highest BCUT2D eigenvalue weighted by atomic mass is 79.9. The normalized spacial score (nSPS) is 17.2. The number of hydrogen-bond donors (Lipinski definition) is 2. The summed E-state index contributed by atoms with van der Waals surface area (Å²) in [4.78, 5) is 0. The molecular formula is C16H16Br2O2. The van der Waals surface area contributed by atoms with Crippen molar-refractivity contribution in [2.75, 3.05) is 10.7 Å². The zero-order valence-corrected chi connectivity index (χ0v) is 14.0. The second kappa shape index (κ2) is 6.39. The number of hydrogen-bond acceptors (Lipinski definition) is 2. The number of halogens is 2. The Hall–Kier alpha value is -0.680. The summed E-state index contributed by atoms with van der Waals surface area (Å²) >= 11 is 6.70. The molecule has 0 spiro atoms. The Morgan fingerprint density at radius 3 is 1.20 bits per heavy atom. The fourth-order valence-corrected chi connectivity index (χ4v) is 3.86. The van der Waals surface area contributed by atoms with Gasteiger partial charge in [-0.05, 0) is 11.1 Å². The average molecular weight is 400 g/mol. The molecule has 0 aromatic heterocycles. The molecule has 0 heterocycles. The van der Waals surface area contributed by atoms with Crippen LogP contribution in [0.2, 0.25) is 0 Å². The number of benzene rings is 2. The van der Waals surface area contributed by atoms with Crippen LogP contribution in [0.15, 0.2) is 60.7 Å². The Morgan fingerprint density at radius 1 is 0.650 bits per heavy atom. The first-order chi connectivity index (χ1) is 9.58. The van der Waals surface area contributed by atoms with Gasteiger partial charge in [0.1, 0.15) is 11.2 Å². The van der Waals surface area contributed by atoms with E-state index in [0.717, 1.165) is 0 Å². The Labute approximate surface area is 135 Å². The first-order valence-corrected chi connectivity index (χ1v) is 8.50. The van der Waals surface area contributed by atoms with E-state index in [1.807, 2.05) is 60.7 Å². The molecule has 0 bridgehead atoms. The van der Waals surface area contributed by atoms with E-state index in [9.17, 15) is 10.2 Å². The molecular weight excluding hydrogens is 384 g/mol. The van der Waals surface area contributed by atoms with Gasteiger partial charge in [-0.3, -0.25) is 0 Å². The van der Waals surface area contributed by atoms with Crippen molar-refractivity contribution in [3.05, 3.63) is 71.8 Å². The lowest BCUT2D eigenvalue weighted by molar-refractivity contribution is -0.134. The highest BCUT2D eigenvalue weighted by molar-refractivity contribution is 9.09. The topological polar surface area (TPSA) is 40.5 Å². The second-order valence-corrected chi connectivity index (χ2v) is 5.84. The molecule has 0 aliphatic heterocycles. The van der Waals surface area contributed by atoms with Gasteiger partial charge in [0.2, 0.25) is 0 Å². The van der Waals surface area contributed by atoms with E-state index in [-0.39, 0.29) is 10.7 Å². The molecule has 0 radical (unpaired) electrons. The predicted octanol–water partition coefficient (Wildman–Crippen LogP) is 3.55. The summed E-state index contributed by atoms with van der Waals surface area (Å²) < 4.78 is 0. The third-order valence-corrected chi connectivity index (χ3v) is 5.20. The molecule has 106 valence electrons. The van der Waals surface area contributed by atoms with E-state index in [2.05, 4.69) is 31.9 Å². The van der Waals surface area contributed by atoms with Crippen LogP contribution in [0.25, 0.3) is 0 Å². The molecule has 4 heteroatoms. The quantitative estimate of drug-likeness (QED) is 0.754. The molecule has 2 aromatic carbocycles. The summed E-state index contributed by atoms with van der Waals surface area (Å²) in [6, 6.07) is 18.4. The van der Waals surface area contributed by atoms with Gasteiger partial charge in [0, 0.05) is 10.7 Å². The van der Waals surface area contributed by atoms with Crippen LogP contribution in [-0.4, -0.2) is 20.9 Å². The minimum Gasteiger partial charge on any atom is -0.381 e. The molecule has 2 nitrogen and oxygen atoms in total. The average Bonchev–Trinajstić information content (AvgIpc) is 2.54. The third-order valence-electron chi connectivity index (χ3n) is 3.57. The van der Waals surface area contributed by atoms with Crippen LogP contribution in [-0.2, 0) is 11.2 Å². The lowest BCUT2D eigenvalue weighted by atomic mass is 9.76. The summed E-state index contributed by atoms with van der Waals surface area (Å²) in [5.74, 6) is 0. The van der Waals surface area contributed by atoms with Crippen molar-refractivity contribution in [3.8, 4) is 0 Å². The minimum absolute atomic E-state index is 0.223. The lowest BCUT2D eigenvalue weighted by Crippen LogP contribution is -2.52. The van der Waals surface area contributed by atoms with Gasteiger partial charge in [-0.25, -0.2) is 0 Å². The maximum atomic E-state index is 11.1. The van der Waals surface area contributed by atoms with Crippen molar-refractivity contribution in [1.29, 1.82) is 0 Å². The summed E-state index contributed by atoms with van der Waals surface area (Å²) in [6.45, 7) is 0. The second-order valence-electron chi connectivity index (χ2n) is 4.72. The SMILES string of the molecule is OC(CBr)(c1ccccc1)C(O)(CBr)c1ccccc1. The third kappa shape index (κ3) is 2.58. The van der Waals surface area contributed by atoms with Crippen molar-refractivity contribution >= 4 is 31.9 Å². The molecule has 2 atom stereocenters. The van der Waals surface area contributed by atoms with Crippen molar-refractivity contribution in [2.45, 2.75) is 11.2 Å². The monoisotopic (exact) mass is 398 g/mol. The van der Waals surface area contributed by atoms with E-state index < -0.39 is 11.2 Å². The molecule has 0 saturated carbocycles. The van der Waals surface area contributed by atoms with Gasteiger partial charge in [0.05, 0.1) is 0 Å². The van der Waals surface area contributed by atoms with Crippen molar-refractivity contribution in [2.24, 2.45) is 0 Å². The standard InChI is InChI=1S/C16H16Br2O2/c17-11-15(19,13-7-3-1-4-8-13)16(20,12-18)14-9-5-2-6-10-14/h1-10,19-20H,11-12H2. The van der Waals surface area contributed by atoms with Crippen LogP contribution >= 0.6 is 31.9 Å². The largest absolute Gasteiger partial charge is 0.381 e. The predicted molar refractivity (Wildman–Crippen MR) is 88.3 cm³/mol. The molecule has 0 aliphatic carbocycles. The fraction of sp³-hybridized carbons (Fsp3) is 0.250. The van der Waals surface area contributed by atoms with Gasteiger partial charge in [-0.1, -0.05) is 92.5 Å². The van der Waals surface area contributed by atoms with Crippen LogP contribution in [0.5, 0.6) is 0 Å². The lowest BCUT2D eigenvalue weighted by Gasteiger charge is -2.42. The van der Waals surface area contributed by atoms with E-state index in [0.29, 0.717) is 11.1 Å². The number of aliphatic hydroxyl groups is 2. The summed E-state index contributed by atoms with van der Waals surface area (Å²) in [5, 5.41) is 22.7. The smallest absolute Gasteiger partial charge is 0.133 e. The molecule has 0 amide bonds. The van der Waals surface area contributed by atoms with Crippen LogP contribution in [0, 0.1) is 0 Å². The van der Waals surface area contributed by atoms with Crippen LogP contribution in [0.3, 0.4) is 0 Å². The van der Waals surface area contributed by atoms with Gasteiger partial charge < -0.3 is 10.2 Å². The molecule has 20 heavy (non-hydrogen) atoms. The zero-order valence-electron chi connectivity index (χ0n) is 10.8. The Balaban J connectivity index is 2.58. The highest BCUT2D eigenvalue weighted by Gasteiger charge is 2.50. The molecule has 2 aromatic rings. The van der Waals surface area contributed by atoms with Crippen molar-refractivity contribution < 1.29 is 10.2 Å². The molecule has 2 rings (SSSR count). The van der Waals surface area contributed by atoms with Crippen LogP contribution in [0.1, 0.15) is 11.1 Å². The number of rotatable bonds is 5. The first-order valence-electron chi connectivity index (χ1n) is 6.26. The molecule has 0 aliphatic rings. The highest BCUT2D eigenvalue weighted by Crippen LogP contribution is 2.43. The summed E-state index contributed by atoms with van der Waals surface area (Å²) in [7, 11) is 0. The van der Waals surface area contributed by atoms with Gasteiger partial charge >= 0.3 is 0 Å². The van der Waals surface area contributed by atoms with E-state index >= 15 is 0 Å². The Bertz CT molecular complexity index is 495. The van der Waals surface area contributed by atoms with Gasteiger partial charge in [-0.15, -0.1) is 0 Å². The van der Waals surface area contributed by atoms with E-state index in [4.69, 9.17) is 0 Å². The molecule has 0 saturated heterocycles. The fourth-order valence-electron chi connectivity index (χ4n) is 2.28. The van der Waals surface area contributed by atoms with Gasteiger partial charge in [-0.2, -0.15) is 0 Å². The summed E-state index contributed by atoms with van der Waals surface area (Å²) in [6.07, 6.45) is 0. The van der Waals surface area contributed by atoms with Gasteiger partial charge in [0.25, 0.3) is 0 Å². The first kappa shape index (κ1) is 15.7. The number of alkyl halides is 2. The van der Waals surface area contributed by atoms with E-state index in [1.54, 1.807) is 0 Å². The van der Waals surface area contributed by atoms with Crippen LogP contribution in [0.4, 0.5) is 0 Å². The molecule has 0 fully saturated rings. The summed E-state index contributed by atoms with van der Waals surface area (Å²) in [5.41, 5.74) is -1.52. The van der Waals surface area contributed by atoms with Crippen molar-refractivity contribution in [3.63, 3.8) is 0 Å². The maximum absolute atomic E-state index is 11.1. The van der Waals surface area contributed by atoms with Crippen molar-refractivity contribution in [1.82, 2.24) is 0 Å². The van der Waals surface area contributed by atoms with Crippen LogP contribution < -0.4 is 0 Å². The van der Waals surface area contributed by atoms with E-state index in [1.165, 1.54) is 0 Å². The minimum atomic E-state index is -1.43. The maximum Gasteiger partial charge on any atom is 0.133 e. The Morgan fingerprint density at radius 2 is 0.950 bits per heavy atom.